The van der Waals surface area contributed by atoms with Crippen LogP contribution in [0.15, 0.2) is 27.4 Å². The number of nitrogens with one attached hydrogen (secondary N) is 1. The van der Waals surface area contributed by atoms with Gasteiger partial charge in [0.15, 0.2) is 4.34 Å². The van der Waals surface area contributed by atoms with E-state index in [2.05, 4.69) is 15.5 Å². The average Bonchev–Trinajstić information content (AvgIpc) is 2.91. The topological polar surface area (TPSA) is 92.3 Å². The number of hydrogen-bond donors (Lipinski definition) is 1. The van der Waals surface area contributed by atoms with E-state index in [9.17, 15) is 13.2 Å². The van der Waals surface area contributed by atoms with E-state index in [1.165, 1.54) is 29.2 Å². The van der Waals surface area contributed by atoms with Gasteiger partial charge in [-0.1, -0.05) is 42.0 Å². The molecule has 7 nitrogen and oxygen atoms in total. The van der Waals surface area contributed by atoms with E-state index in [0.717, 1.165) is 30.0 Å². The van der Waals surface area contributed by atoms with Crippen molar-refractivity contribution in [2.45, 2.75) is 41.8 Å². The zero-order chi connectivity index (χ0) is 19.4. The van der Waals surface area contributed by atoms with Crippen molar-refractivity contribution in [3.63, 3.8) is 0 Å². The molecule has 1 fully saturated rings. The number of hydrogen-bond acceptors (Lipinski definition) is 7. The summed E-state index contributed by atoms with van der Waals surface area (Å²) in [5.41, 5.74) is 0.922. The van der Waals surface area contributed by atoms with E-state index >= 15 is 0 Å². The molecule has 0 unspecified atom stereocenters. The molecule has 2 heterocycles. The molecule has 1 aliphatic heterocycles. The van der Waals surface area contributed by atoms with Crippen molar-refractivity contribution in [3.8, 4) is 0 Å². The zero-order valence-electron chi connectivity index (χ0n) is 15.3. The molecule has 1 aromatic carbocycles. The van der Waals surface area contributed by atoms with Gasteiger partial charge < -0.3 is 0 Å². The monoisotopic (exact) mass is 426 g/mol. The molecule has 1 saturated heterocycles. The van der Waals surface area contributed by atoms with Gasteiger partial charge in [0, 0.05) is 18.7 Å². The highest BCUT2D eigenvalue weighted by atomic mass is 32.2. The second-order valence-electron chi connectivity index (χ2n) is 6.33. The number of anilines is 1. The summed E-state index contributed by atoms with van der Waals surface area (Å²) in [6.07, 6.45) is 5.72. The first-order chi connectivity index (χ1) is 12.9. The third kappa shape index (κ3) is 4.68. The summed E-state index contributed by atoms with van der Waals surface area (Å²) in [4.78, 5) is 12.7. The smallest absolute Gasteiger partial charge is 0.257 e. The molecular formula is C17H22N4O3S3. The summed E-state index contributed by atoms with van der Waals surface area (Å²) >= 11 is 2.72. The molecular weight excluding hydrogens is 404 g/mol. The molecule has 1 aromatic heterocycles. The standard InChI is InChI=1S/C17H22N4O3S3/c1-12-7-8-13(15(22)18-16-19-20-17(25-2)26-16)11-14(12)27(23,24)21-9-5-3-4-6-10-21/h7-8,11H,3-6,9-10H2,1-2H3,(H,18,19,22). The number of carbonyl (C=O) groups is 1. The molecule has 10 heteroatoms. The van der Waals surface area contributed by atoms with Crippen molar-refractivity contribution >= 4 is 44.2 Å². The maximum atomic E-state index is 13.1. The Balaban J connectivity index is 1.85. The molecule has 0 spiro atoms. The van der Waals surface area contributed by atoms with Crippen LogP contribution in [0.5, 0.6) is 0 Å². The Hall–Kier alpha value is -1.49. The van der Waals surface area contributed by atoms with Gasteiger partial charge in [0.1, 0.15) is 0 Å². The Bertz CT molecular complexity index is 919. The first kappa shape index (κ1) is 20.2. The quantitative estimate of drug-likeness (QED) is 0.582. The molecule has 146 valence electrons. The lowest BCUT2D eigenvalue weighted by Crippen LogP contribution is -2.32. The number of thioether (sulfide) groups is 1. The van der Waals surface area contributed by atoms with Crippen molar-refractivity contribution in [3.05, 3.63) is 29.3 Å². The van der Waals surface area contributed by atoms with Gasteiger partial charge in [-0.25, -0.2) is 8.42 Å². The fourth-order valence-electron chi connectivity index (χ4n) is 2.95. The van der Waals surface area contributed by atoms with Crippen LogP contribution in [0.25, 0.3) is 0 Å². The number of aryl methyl sites for hydroxylation is 1. The van der Waals surface area contributed by atoms with Gasteiger partial charge in [-0.05, 0) is 43.7 Å². The molecule has 3 rings (SSSR count). The Kier molecular flexibility index (Phi) is 6.51. The Morgan fingerprint density at radius 1 is 1.19 bits per heavy atom. The van der Waals surface area contributed by atoms with Crippen molar-refractivity contribution in [1.29, 1.82) is 0 Å². The normalized spacial score (nSPS) is 16.1. The minimum atomic E-state index is -3.62. The number of sulfonamides is 1. The van der Waals surface area contributed by atoms with Gasteiger partial charge in [0.2, 0.25) is 15.2 Å². The van der Waals surface area contributed by atoms with E-state index in [-0.39, 0.29) is 10.5 Å². The molecule has 1 N–H and O–H groups in total. The Labute approximate surface area is 167 Å². The summed E-state index contributed by atoms with van der Waals surface area (Å²) in [7, 11) is -3.62. The van der Waals surface area contributed by atoms with Gasteiger partial charge in [0.05, 0.1) is 4.90 Å². The van der Waals surface area contributed by atoms with Crippen LogP contribution >= 0.6 is 23.1 Å². The van der Waals surface area contributed by atoms with Gasteiger partial charge >= 0.3 is 0 Å². The molecule has 0 saturated carbocycles. The second-order valence-corrected chi connectivity index (χ2v) is 10.3. The summed E-state index contributed by atoms with van der Waals surface area (Å²) in [5, 5.41) is 10.9. The highest BCUT2D eigenvalue weighted by molar-refractivity contribution is 8.00. The van der Waals surface area contributed by atoms with E-state index < -0.39 is 15.9 Å². The van der Waals surface area contributed by atoms with Crippen LogP contribution in [0.1, 0.15) is 41.6 Å². The lowest BCUT2D eigenvalue weighted by atomic mass is 10.1. The van der Waals surface area contributed by atoms with Crippen LogP contribution in [-0.4, -0.2) is 48.2 Å². The number of carbonyl (C=O) groups excluding carboxylic acids is 1. The highest BCUT2D eigenvalue weighted by Crippen LogP contribution is 2.26. The zero-order valence-corrected chi connectivity index (χ0v) is 17.7. The van der Waals surface area contributed by atoms with Gasteiger partial charge in [0.25, 0.3) is 5.91 Å². The minimum absolute atomic E-state index is 0.194. The van der Waals surface area contributed by atoms with Crippen molar-refractivity contribution in [1.82, 2.24) is 14.5 Å². The van der Waals surface area contributed by atoms with Crippen molar-refractivity contribution in [2.24, 2.45) is 0 Å². The molecule has 0 atom stereocenters. The predicted molar refractivity (Wildman–Crippen MR) is 108 cm³/mol. The fraction of sp³-hybridized carbons (Fsp3) is 0.471. The number of rotatable bonds is 5. The average molecular weight is 427 g/mol. The molecule has 27 heavy (non-hydrogen) atoms. The summed E-state index contributed by atoms with van der Waals surface area (Å²) < 4.78 is 28.5. The lowest BCUT2D eigenvalue weighted by Gasteiger charge is -2.21. The fourth-order valence-corrected chi connectivity index (χ4v) is 5.89. The van der Waals surface area contributed by atoms with Crippen LogP contribution in [0.3, 0.4) is 0 Å². The van der Waals surface area contributed by atoms with Crippen molar-refractivity contribution in [2.75, 3.05) is 24.7 Å². The Morgan fingerprint density at radius 2 is 1.89 bits per heavy atom. The predicted octanol–water partition coefficient (Wildman–Crippen LogP) is 3.39. The maximum Gasteiger partial charge on any atom is 0.257 e. The Morgan fingerprint density at radius 3 is 2.52 bits per heavy atom. The summed E-state index contributed by atoms with van der Waals surface area (Å²) in [6, 6.07) is 4.76. The summed E-state index contributed by atoms with van der Waals surface area (Å²) in [5.74, 6) is -0.397. The number of nitrogens with zero attached hydrogens (tertiary/aromatic N) is 3. The maximum absolute atomic E-state index is 13.1. The number of amides is 1. The van der Waals surface area contributed by atoms with E-state index in [4.69, 9.17) is 0 Å². The third-order valence-electron chi connectivity index (χ3n) is 4.43. The summed E-state index contributed by atoms with van der Waals surface area (Å²) in [6.45, 7) is 2.81. The molecule has 0 aliphatic carbocycles. The first-order valence-corrected chi connectivity index (χ1v) is 12.2. The SMILES string of the molecule is CSc1nnc(NC(=O)c2ccc(C)c(S(=O)(=O)N3CCCCCC3)c2)s1. The van der Waals surface area contributed by atoms with E-state index in [1.807, 2.05) is 6.26 Å². The van der Waals surface area contributed by atoms with Gasteiger partial charge in [-0.15, -0.1) is 10.2 Å². The van der Waals surface area contributed by atoms with Crippen LogP contribution < -0.4 is 5.32 Å². The lowest BCUT2D eigenvalue weighted by molar-refractivity contribution is 0.102. The van der Waals surface area contributed by atoms with E-state index in [0.29, 0.717) is 23.8 Å². The van der Waals surface area contributed by atoms with Crippen molar-refractivity contribution < 1.29 is 13.2 Å². The molecule has 0 radical (unpaired) electrons. The number of benzene rings is 1. The van der Waals surface area contributed by atoms with Crippen LogP contribution in [0.2, 0.25) is 0 Å². The minimum Gasteiger partial charge on any atom is -0.296 e. The van der Waals surface area contributed by atoms with Gasteiger partial charge in [-0.2, -0.15) is 4.31 Å². The third-order valence-corrected chi connectivity index (χ3v) is 8.29. The van der Waals surface area contributed by atoms with Crippen LogP contribution in [-0.2, 0) is 10.0 Å². The highest BCUT2D eigenvalue weighted by Gasteiger charge is 2.27. The number of aromatic nitrogens is 2. The van der Waals surface area contributed by atoms with Gasteiger partial charge in [-0.3, -0.25) is 10.1 Å². The second kappa shape index (κ2) is 8.68. The molecule has 1 aliphatic rings. The molecule has 0 bridgehead atoms. The molecule has 2 aromatic rings. The largest absolute Gasteiger partial charge is 0.296 e. The molecule has 1 amide bonds. The van der Waals surface area contributed by atoms with E-state index in [1.54, 1.807) is 23.4 Å². The first-order valence-electron chi connectivity index (χ1n) is 8.71. The van der Waals surface area contributed by atoms with Crippen LogP contribution in [0, 0.1) is 6.92 Å². The van der Waals surface area contributed by atoms with Crippen LogP contribution in [0.4, 0.5) is 5.13 Å².